The molecule has 1 aromatic heterocycles. The molecule has 0 radical (unpaired) electrons. The molecule has 1 heterocycles. The number of nitrogens with zero attached hydrogens (tertiary/aromatic N) is 3. The molecule has 0 fully saturated rings. The van der Waals surface area contributed by atoms with Gasteiger partial charge < -0.3 is 0 Å². The van der Waals surface area contributed by atoms with Crippen molar-refractivity contribution in [3.05, 3.63) is 47.9 Å². The summed E-state index contributed by atoms with van der Waals surface area (Å²) >= 11 is 0. The number of aromatic nitrogens is 2. The molecule has 3 heteroatoms. The van der Waals surface area contributed by atoms with Gasteiger partial charge in [0.2, 0.25) is 0 Å². The molecule has 0 amide bonds. The molecule has 17 heavy (non-hydrogen) atoms. The van der Waals surface area contributed by atoms with Crippen molar-refractivity contribution >= 4 is 0 Å². The zero-order chi connectivity index (χ0) is 12.1. The van der Waals surface area contributed by atoms with Crippen LogP contribution in [0.3, 0.4) is 0 Å². The van der Waals surface area contributed by atoms with Crippen molar-refractivity contribution in [2.24, 2.45) is 0 Å². The van der Waals surface area contributed by atoms with Gasteiger partial charge in [0.1, 0.15) is 5.82 Å². The molecule has 84 valence electrons. The van der Waals surface area contributed by atoms with E-state index in [1.54, 1.807) is 6.20 Å². The third-order valence-corrected chi connectivity index (χ3v) is 2.48. The summed E-state index contributed by atoms with van der Waals surface area (Å²) in [6, 6.07) is 12.2. The van der Waals surface area contributed by atoms with E-state index in [4.69, 9.17) is 5.26 Å². The molecule has 0 aliphatic heterocycles. The van der Waals surface area contributed by atoms with E-state index in [1.165, 1.54) is 5.56 Å². The van der Waals surface area contributed by atoms with Crippen LogP contribution in [0.4, 0.5) is 0 Å². The number of aryl methyl sites for hydroxylation is 2. The number of hydrogen-bond donors (Lipinski definition) is 0. The highest BCUT2D eigenvalue weighted by Gasteiger charge is 2.02. The fourth-order valence-corrected chi connectivity index (χ4v) is 1.65. The lowest BCUT2D eigenvalue weighted by Crippen LogP contribution is -1.95. The Labute approximate surface area is 101 Å². The quantitative estimate of drug-likeness (QED) is 0.803. The normalized spacial score (nSPS) is 9.88. The third kappa shape index (κ3) is 2.88. The largest absolute Gasteiger partial charge is 0.241 e. The summed E-state index contributed by atoms with van der Waals surface area (Å²) < 4.78 is 0. The maximum atomic E-state index is 8.54. The van der Waals surface area contributed by atoms with Gasteiger partial charge in [-0.05, 0) is 19.1 Å². The van der Waals surface area contributed by atoms with Gasteiger partial charge in [0, 0.05) is 24.6 Å². The molecule has 0 unspecified atom stereocenters. The van der Waals surface area contributed by atoms with E-state index in [9.17, 15) is 0 Å². The van der Waals surface area contributed by atoms with E-state index in [2.05, 4.69) is 35.1 Å². The SMILES string of the molecule is Cc1cccc(-c2ccnc(CCC#N)n2)c1. The van der Waals surface area contributed by atoms with Crippen LogP contribution < -0.4 is 0 Å². The summed E-state index contributed by atoms with van der Waals surface area (Å²) in [6.07, 6.45) is 2.81. The van der Waals surface area contributed by atoms with Crippen LogP contribution in [-0.2, 0) is 6.42 Å². The summed E-state index contributed by atoms with van der Waals surface area (Å²) in [5, 5.41) is 8.54. The summed E-state index contributed by atoms with van der Waals surface area (Å²) in [6.45, 7) is 2.06. The second-order valence-corrected chi connectivity index (χ2v) is 3.89. The second-order valence-electron chi connectivity index (χ2n) is 3.89. The highest BCUT2D eigenvalue weighted by molar-refractivity contribution is 5.59. The Morgan fingerprint density at radius 1 is 1.29 bits per heavy atom. The zero-order valence-corrected chi connectivity index (χ0v) is 9.72. The Balaban J connectivity index is 2.30. The Kier molecular flexibility index (Phi) is 3.46. The average molecular weight is 223 g/mol. The first kappa shape index (κ1) is 11.3. The smallest absolute Gasteiger partial charge is 0.129 e. The van der Waals surface area contributed by atoms with Crippen LogP contribution in [-0.4, -0.2) is 9.97 Å². The number of benzene rings is 1. The molecular weight excluding hydrogens is 210 g/mol. The molecule has 0 aliphatic rings. The molecule has 0 saturated heterocycles. The monoisotopic (exact) mass is 223 g/mol. The Morgan fingerprint density at radius 2 is 2.18 bits per heavy atom. The van der Waals surface area contributed by atoms with Crippen molar-refractivity contribution in [2.45, 2.75) is 19.8 Å². The molecule has 2 aromatic rings. The maximum Gasteiger partial charge on any atom is 0.129 e. The molecule has 1 aromatic carbocycles. The van der Waals surface area contributed by atoms with Crippen LogP contribution >= 0.6 is 0 Å². The Morgan fingerprint density at radius 3 is 2.94 bits per heavy atom. The molecule has 0 saturated carbocycles. The van der Waals surface area contributed by atoms with Gasteiger partial charge in [0.15, 0.2) is 0 Å². The fourth-order valence-electron chi connectivity index (χ4n) is 1.65. The molecular formula is C14H13N3. The highest BCUT2D eigenvalue weighted by Crippen LogP contribution is 2.17. The molecule has 0 bridgehead atoms. The van der Waals surface area contributed by atoms with Gasteiger partial charge in [-0.25, -0.2) is 9.97 Å². The number of hydrogen-bond acceptors (Lipinski definition) is 3. The third-order valence-electron chi connectivity index (χ3n) is 2.48. The first-order valence-electron chi connectivity index (χ1n) is 5.55. The van der Waals surface area contributed by atoms with Crippen LogP contribution in [0.2, 0.25) is 0 Å². The second kappa shape index (κ2) is 5.22. The van der Waals surface area contributed by atoms with Gasteiger partial charge >= 0.3 is 0 Å². The van der Waals surface area contributed by atoms with E-state index >= 15 is 0 Å². The van der Waals surface area contributed by atoms with E-state index in [1.807, 2.05) is 18.2 Å². The standard InChI is InChI=1S/C14H13N3/c1-11-4-2-5-12(10-11)13-7-9-16-14(17-13)6-3-8-15/h2,4-5,7,9-10H,3,6H2,1H3. The minimum Gasteiger partial charge on any atom is -0.241 e. The molecule has 0 aliphatic carbocycles. The van der Waals surface area contributed by atoms with Gasteiger partial charge in [-0.2, -0.15) is 5.26 Å². The summed E-state index contributed by atoms with van der Waals surface area (Å²) in [5.41, 5.74) is 3.21. The molecule has 3 nitrogen and oxygen atoms in total. The highest BCUT2D eigenvalue weighted by atomic mass is 14.9. The zero-order valence-electron chi connectivity index (χ0n) is 9.72. The number of nitriles is 1. The summed E-state index contributed by atoms with van der Waals surface area (Å²) in [4.78, 5) is 8.62. The predicted octanol–water partition coefficient (Wildman–Crippen LogP) is 2.91. The minimum atomic E-state index is 0.456. The summed E-state index contributed by atoms with van der Waals surface area (Å²) in [7, 11) is 0. The van der Waals surface area contributed by atoms with Gasteiger partial charge in [-0.3, -0.25) is 0 Å². The maximum absolute atomic E-state index is 8.54. The van der Waals surface area contributed by atoms with Crippen molar-refractivity contribution in [1.29, 1.82) is 5.26 Å². The van der Waals surface area contributed by atoms with Gasteiger partial charge in [0.25, 0.3) is 0 Å². The minimum absolute atomic E-state index is 0.456. The van der Waals surface area contributed by atoms with Crippen LogP contribution in [0.5, 0.6) is 0 Å². The Hall–Kier alpha value is -2.21. The first-order chi connectivity index (χ1) is 8.29. The van der Waals surface area contributed by atoms with Crippen molar-refractivity contribution < 1.29 is 0 Å². The number of rotatable bonds is 3. The van der Waals surface area contributed by atoms with Crippen molar-refractivity contribution in [1.82, 2.24) is 9.97 Å². The molecule has 0 N–H and O–H groups in total. The van der Waals surface area contributed by atoms with Crippen molar-refractivity contribution in [3.63, 3.8) is 0 Å². The first-order valence-corrected chi connectivity index (χ1v) is 5.55. The van der Waals surface area contributed by atoms with E-state index in [0.29, 0.717) is 12.8 Å². The van der Waals surface area contributed by atoms with E-state index in [-0.39, 0.29) is 0 Å². The molecule has 0 atom stereocenters. The van der Waals surface area contributed by atoms with Crippen LogP contribution in [0.1, 0.15) is 17.8 Å². The van der Waals surface area contributed by atoms with Crippen molar-refractivity contribution in [2.75, 3.05) is 0 Å². The molecule has 2 rings (SSSR count). The fraction of sp³-hybridized carbons (Fsp3) is 0.214. The summed E-state index contributed by atoms with van der Waals surface area (Å²) in [5.74, 6) is 0.727. The van der Waals surface area contributed by atoms with Gasteiger partial charge in [-0.15, -0.1) is 0 Å². The average Bonchev–Trinajstić information content (AvgIpc) is 2.37. The van der Waals surface area contributed by atoms with E-state index in [0.717, 1.165) is 17.1 Å². The van der Waals surface area contributed by atoms with Crippen LogP contribution in [0, 0.1) is 18.3 Å². The van der Waals surface area contributed by atoms with Crippen molar-refractivity contribution in [3.8, 4) is 17.3 Å². The predicted molar refractivity (Wildman–Crippen MR) is 66.1 cm³/mol. The lowest BCUT2D eigenvalue weighted by Gasteiger charge is -2.03. The lowest BCUT2D eigenvalue weighted by atomic mass is 10.1. The molecule has 0 spiro atoms. The van der Waals surface area contributed by atoms with Gasteiger partial charge in [-0.1, -0.05) is 23.8 Å². The van der Waals surface area contributed by atoms with E-state index < -0.39 is 0 Å². The topological polar surface area (TPSA) is 49.6 Å². The lowest BCUT2D eigenvalue weighted by molar-refractivity contribution is 0.887. The van der Waals surface area contributed by atoms with Crippen LogP contribution in [0.15, 0.2) is 36.5 Å². The van der Waals surface area contributed by atoms with Crippen LogP contribution in [0.25, 0.3) is 11.3 Å². The van der Waals surface area contributed by atoms with Gasteiger partial charge in [0.05, 0.1) is 11.8 Å². The Bertz CT molecular complexity index is 555.